The maximum absolute atomic E-state index is 13.2. The van der Waals surface area contributed by atoms with Gasteiger partial charge in [0.2, 0.25) is 10.0 Å². The van der Waals surface area contributed by atoms with Gasteiger partial charge in [0.1, 0.15) is 5.82 Å². The molecule has 0 spiro atoms. The van der Waals surface area contributed by atoms with Crippen molar-refractivity contribution in [1.29, 1.82) is 0 Å². The van der Waals surface area contributed by atoms with Gasteiger partial charge in [-0.2, -0.15) is 4.31 Å². The SMILES string of the molecule is O=S(=O)(c1ccc(Cl)cc1)N1C(CO)CCC1c1ccc(F)cc1. The van der Waals surface area contributed by atoms with E-state index in [-0.39, 0.29) is 17.3 Å². The van der Waals surface area contributed by atoms with Crippen molar-refractivity contribution in [1.82, 2.24) is 4.31 Å². The van der Waals surface area contributed by atoms with Crippen molar-refractivity contribution in [2.75, 3.05) is 6.61 Å². The largest absolute Gasteiger partial charge is 0.395 e. The molecule has 2 aromatic carbocycles. The monoisotopic (exact) mass is 369 g/mol. The maximum atomic E-state index is 13.2. The van der Waals surface area contributed by atoms with Crippen LogP contribution in [0.15, 0.2) is 53.4 Å². The Morgan fingerprint density at radius 1 is 1.08 bits per heavy atom. The summed E-state index contributed by atoms with van der Waals surface area (Å²) in [4.78, 5) is 0.124. The highest BCUT2D eigenvalue weighted by Gasteiger charge is 2.42. The second kappa shape index (κ2) is 6.80. The minimum atomic E-state index is -3.80. The third-order valence-corrected chi connectivity index (χ3v) is 6.52. The van der Waals surface area contributed by atoms with Crippen molar-refractivity contribution < 1.29 is 17.9 Å². The van der Waals surface area contributed by atoms with Crippen LogP contribution in [0.25, 0.3) is 0 Å². The zero-order valence-corrected chi connectivity index (χ0v) is 14.3. The molecule has 0 radical (unpaired) electrons. The van der Waals surface area contributed by atoms with E-state index in [2.05, 4.69) is 0 Å². The number of aliphatic hydroxyl groups excluding tert-OH is 1. The molecule has 3 rings (SSSR count). The van der Waals surface area contributed by atoms with E-state index in [4.69, 9.17) is 11.6 Å². The smallest absolute Gasteiger partial charge is 0.243 e. The van der Waals surface area contributed by atoms with E-state index in [0.29, 0.717) is 23.4 Å². The Kier molecular flexibility index (Phi) is 4.92. The summed E-state index contributed by atoms with van der Waals surface area (Å²) in [6, 6.07) is 10.8. The van der Waals surface area contributed by atoms with E-state index in [0.717, 1.165) is 0 Å². The van der Waals surface area contributed by atoms with Gasteiger partial charge in [-0.15, -0.1) is 0 Å². The fourth-order valence-electron chi connectivity index (χ4n) is 3.12. The van der Waals surface area contributed by atoms with Gasteiger partial charge in [0.15, 0.2) is 0 Å². The Labute approximate surface area is 145 Å². The van der Waals surface area contributed by atoms with Crippen LogP contribution in [-0.2, 0) is 10.0 Å². The van der Waals surface area contributed by atoms with Crippen molar-refractivity contribution in [2.45, 2.75) is 29.8 Å². The van der Waals surface area contributed by atoms with Crippen molar-refractivity contribution in [3.05, 3.63) is 64.9 Å². The van der Waals surface area contributed by atoms with E-state index in [1.807, 2.05) is 0 Å². The van der Waals surface area contributed by atoms with Gasteiger partial charge in [0.05, 0.1) is 17.5 Å². The molecule has 0 saturated carbocycles. The molecular weight excluding hydrogens is 353 g/mol. The molecule has 128 valence electrons. The average molecular weight is 370 g/mol. The van der Waals surface area contributed by atoms with Gasteiger partial charge in [0.25, 0.3) is 0 Å². The molecule has 1 fully saturated rings. The molecule has 1 aliphatic heterocycles. The first kappa shape index (κ1) is 17.4. The number of hydrogen-bond acceptors (Lipinski definition) is 3. The summed E-state index contributed by atoms with van der Waals surface area (Å²) in [5.74, 6) is -0.373. The van der Waals surface area contributed by atoms with Crippen LogP contribution < -0.4 is 0 Å². The molecule has 1 aliphatic rings. The third-order valence-electron chi connectivity index (χ3n) is 4.29. The first-order valence-corrected chi connectivity index (χ1v) is 9.40. The fraction of sp³-hybridized carbons (Fsp3) is 0.294. The third kappa shape index (κ3) is 3.19. The highest BCUT2D eigenvalue weighted by Crippen LogP contribution is 2.40. The molecular formula is C17H17ClFNO3S. The summed E-state index contributed by atoms with van der Waals surface area (Å²) in [5, 5.41) is 10.1. The predicted octanol–water partition coefficient (Wildman–Crippen LogP) is 3.37. The molecule has 2 aromatic rings. The van der Waals surface area contributed by atoms with E-state index < -0.39 is 22.1 Å². The average Bonchev–Trinajstić information content (AvgIpc) is 3.01. The Balaban J connectivity index is 2.02. The number of rotatable bonds is 4. The lowest BCUT2D eigenvalue weighted by Gasteiger charge is -2.29. The number of hydrogen-bond donors (Lipinski definition) is 1. The summed E-state index contributed by atoms with van der Waals surface area (Å²) in [5.41, 5.74) is 0.713. The lowest BCUT2D eigenvalue weighted by atomic mass is 10.1. The molecule has 4 nitrogen and oxygen atoms in total. The van der Waals surface area contributed by atoms with Gasteiger partial charge in [0, 0.05) is 11.1 Å². The van der Waals surface area contributed by atoms with E-state index in [1.165, 1.54) is 40.7 Å². The van der Waals surface area contributed by atoms with Crippen molar-refractivity contribution in [3.8, 4) is 0 Å². The topological polar surface area (TPSA) is 57.6 Å². The molecule has 0 aliphatic carbocycles. The number of sulfonamides is 1. The Hall–Kier alpha value is -1.47. The molecule has 0 aromatic heterocycles. The highest BCUT2D eigenvalue weighted by atomic mass is 35.5. The van der Waals surface area contributed by atoms with Gasteiger partial charge in [-0.1, -0.05) is 23.7 Å². The van der Waals surface area contributed by atoms with Crippen LogP contribution in [0, 0.1) is 5.82 Å². The van der Waals surface area contributed by atoms with E-state index >= 15 is 0 Å². The summed E-state index contributed by atoms with van der Waals surface area (Å²) in [7, 11) is -3.80. The number of benzene rings is 2. The van der Waals surface area contributed by atoms with Gasteiger partial charge in [-0.25, -0.2) is 12.8 Å². The zero-order chi connectivity index (χ0) is 17.3. The Morgan fingerprint density at radius 2 is 1.71 bits per heavy atom. The van der Waals surface area contributed by atoms with Crippen molar-refractivity contribution in [3.63, 3.8) is 0 Å². The molecule has 1 N–H and O–H groups in total. The number of halogens is 2. The first-order valence-electron chi connectivity index (χ1n) is 7.59. The normalized spacial score (nSPS) is 22.0. The number of nitrogens with zero attached hydrogens (tertiary/aromatic N) is 1. The quantitative estimate of drug-likeness (QED) is 0.899. The molecule has 1 heterocycles. The van der Waals surface area contributed by atoms with Crippen LogP contribution in [0.4, 0.5) is 4.39 Å². The minimum absolute atomic E-state index is 0.124. The predicted molar refractivity (Wildman–Crippen MR) is 89.7 cm³/mol. The van der Waals surface area contributed by atoms with Crippen LogP contribution in [0.3, 0.4) is 0 Å². The Morgan fingerprint density at radius 3 is 2.29 bits per heavy atom. The van der Waals surface area contributed by atoms with Crippen LogP contribution in [0.2, 0.25) is 5.02 Å². The molecule has 2 atom stereocenters. The molecule has 0 bridgehead atoms. The van der Waals surface area contributed by atoms with Crippen LogP contribution in [0.1, 0.15) is 24.4 Å². The standard InChI is InChI=1S/C17H17ClFNO3S/c18-13-3-8-16(9-4-13)24(22,23)20-15(11-21)7-10-17(20)12-1-5-14(19)6-2-12/h1-6,8-9,15,17,21H,7,10-11H2. The lowest BCUT2D eigenvalue weighted by Crippen LogP contribution is -2.39. The summed E-state index contributed by atoms with van der Waals surface area (Å²) in [6.07, 6.45) is 1.12. The summed E-state index contributed by atoms with van der Waals surface area (Å²) >= 11 is 5.83. The van der Waals surface area contributed by atoms with Crippen molar-refractivity contribution >= 4 is 21.6 Å². The van der Waals surface area contributed by atoms with Crippen molar-refractivity contribution in [2.24, 2.45) is 0 Å². The Bertz CT molecular complexity index is 809. The summed E-state index contributed by atoms with van der Waals surface area (Å²) < 4.78 is 40.6. The first-order chi connectivity index (χ1) is 11.4. The number of aliphatic hydroxyl groups is 1. The molecule has 1 saturated heterocycles. The van der Waals surface area contributed by atoms with Crippen LogP contribution in [-0.4, -0.2) is 30.5 Å². The van der Waals surface area contributed by atoms with Gasteiger partial charge in [-0.05, 0) is 54.8 Å². The van der Waals surface area contributed by atoms with Crippen LogP contribution in [0.5, 0.6) is 0 Å². The van der Waals surface area contributed by atoms with Gasteiger partial charge in [-0.3, -0.25) is 0 Å². The minimum Gasteiger partial charge on any atom is -0.395 e. The van der Waals surface area contributed by atoms with E-state index in [1.54, 1.807) is 12.1 Å². The van der Waals surface area contributed by atoms with Gasteiger partial charge < -0.3 is 5.11 Å². The van der Waals surface area contributed by atoms with Crippen LogP contribution >= 0.6 is 11.6 Å². The molecule has 7 heteroatoms. The molecule has 2 unspecified atom stereocenters. The molecule has 24 heavy (non-hydrogen) atoms. The zero-order valence-electron chi connectivity index (χ0n) is 12.8. The second-order valence-corrected chi connectivity index (χ2v) is 8.05. The fourth-order valence-corrected chi connectivity index (χ4v) is 5.10. The molecule has 0 amide bonds. The maximum Gasteiger partial charge on any atom is 0.243 e. The van der Waals surface area contributed by atoms with E-state index in [9.17, 15) is 17.9 Å². The summed E-state index contributed by atoms with van der Waals surface area (Å²) in [6.45, 7) is -0.259. The van der Waals surface area contributed by atoms with Gasteiger partial charge >= 0.3 is 0 Å². The lowest BCUT2D eigenvalue weighted by molar-refractivity contribution is 0.197. The second-order valence-electron chi connectivity index (χ2n) is 5.77. The highest BCUT2D eigenvalue weighted by molar-refractivity contribution is 7.89.